The zero-order valence-corrected chi connectivity index (χ0v) is 13.9. The Kier molecular flexibility index (Phi) is 4.01. The van der Waals surface area contributed by atoms with Gasteiger partial charge in [-0.1, -0.05) is 24.3 Å². The van der Waals surface area contributed by atoms with Gasteiger partial charge in [0.2, 0.25) is 0 Å². The molecule has 2 aromatic heterocycles. The van der Waals surface area contributed by atoms with E-state index in [2.05, 4.69) is 15.2 Å². The summed E-state index contributed by atoms with van der Waals surface area (Å²) >= 11 is 0. The van der Waals surface area contributed by atoms with Crippen molar-refractivity contribution in [1.29, 1.82) is 0 Å². The van der Waals surface area contributed by atoms with Crippen LogP contribution in [0.2, 0.25) is 0 Å². The van der Waals surface area contributed by atoms with E-state index in [4.69, 9.17) is 0 Å². The van der Waals surface area contributed by atoms with Crippen LogP contribution in [-0.4, -0.2) is 9.38 Å². The van der Waals surface area contributed by atoms with E-state index in [1.54, 1.807) is 16.7 Å². The van der Waals surface area contributed by atoms with Gasteiger partial charge in [0.25, 0.3) is 0 Å². The van der Waals surface area contributed by atoms with E-state index in [1.165, 1.54) is 0 Å². The third-order valence-corrected chi connectivity index (χ3v) is 4.06. The molecule has 0 radical (unpaired) electrons. The number of rotatable bonds is 3. The predicted molar refractivity (Wildman–Crippen MR) is 95.9 cm³/mol. The zero-order chi connectivity index (χ0) is 18.1. The minimum absolute atomic E-state index is 0.0485. The van der Waals surface area contributed by atoms with Crippen LogP contribution in [0, 0.1) is 18.6 Å². The van der Waals surface area contributed by atoms with Crippen LogP contribution in [0.4, 0.5) is 20.3 Å². The maximum absolute atomic E-state index is 14.3. The standard InChI is InChI=1S/C20H14F2N4/c1-13-6-2-3-7-17(13)24-25-20-19(15-12-14(21)9-10-16(15)22)23-18-8-4-5-11-26(18)20/h2-12H,1H3. The highest BCUT2D eigenvalue weighted by molar-refractivity contribution is 5.75. The minimum atomic E-state index is -0.567. The molecule has 0 saturated carbocycles. The second-order valence-electron chi connectivity index (χ2n) is 5.82. The van der Waals surface area contributed by atoms with Crippen LogP contribution in [0.15, 0.2) is 77.1 Å². The molecule has 0 N–H and O–H groups in total. The first-order valence-corrected chi connectivity index (χ1v) is 8.03. The van der Waals surface area contributed by atoms with Gasteiger partial charge in [-0.05, 0) is 48.9 Å². The van der Waals surface area contributed by atoms with Crippen molar-refractivity contribution in [2.24, 2.45) is 10.2 Å². The Morgan fingerprint density at radius 3 is 2.58 bits per heavy atom. The topological polar surface area (TPSA) is 42.0 Å². The number of aryl methyl sites for hydroxylation is 1. The van der Waals surface area contributed by atoms with E-state index in [0.29, 0.717) is 17.2 Å². The summed E-state index contributed by atoms with van der Waals surface area (Å²) in [5.41, 5.74) is 2.52. The Bertz CT molecular complexity index is 1130. The van der Waals surface area contributed by atoms with Gasteiger partial charge >= 0.3 is 0 Å². The first-order valence-electron chi connectivity index (χ1n) is 8.03. The van der Waals surface area contributed by atoms with Crippen molar-refractivity contribution >= 4 is 17.2 Å². The first-order chi connectivity index (χ1) is 12.6. The molecular formula is C20H14F2N4. The van der Waals surface area contributed by atoms with Crippen LogP contribution in [-0.2, 0) is 0 Å². The van der Waals surface area contributed by atoms with Gasteiger partial charge in [-0.25, -0.2) is 13.8 Å². The average molecular weight is 348 g/mol. The van der Waals surface area contributed by atoms with E-state index in [9.17, 15) is 8.78 Å². The molecule has 4 nitrogen and oxygen atoms in total. The van der Waals surface area contributed by atoms with E-state index >= 15 is 0 Å². The molecule has 0 saturated heterocycles. The van der Waals surface area contributed by atoms with Gasteiger partial charge < -0.3 is 0 Å². The molecule has 0 bridgehead atoms. The van der Waals surface area contributed by atoms with Crippen LogP contribution >= 0.6 is 0 Å². The molecule has 128 valence electrons. The van der Waals surface area contributed by atoms with Crippen molar-refractivity contribution in [2.45, 2.75) is 6.92 Å². The number of imidazole rings is 1. The molecule has 4 aromatic rings. The summed E-state index contributed by atoms with van der Waals surface area (Å²) in [6.45, 7) is 1.93. The summed E-state index contributed by atoms with van der Waals surface area (Å²) < 4.78 is 29.7. The molecule has 2 heterocycles. The molecule has 0 spiro atoms. The van der Waals surface area contributed by atoms with Crippen molar-refractivity contribution in [3.8, 4) is 11.3 Å². The molecule has 0 fully saturated rings. The highest BCUT2D eigenvalue weighted by atomic mass is 19.1. The number of fused-ring (bicyclic) bond motifs is 1. The number of aromatic nitrogens is 2. The largest absolute Gasteiger partial charge is 0.283 e. The third kappa shape index (κ3) is 2.86. The normalized spacial score (nSPS) is 11.5. The lowest BCUT2D eigenvalue weighted by atomic mass is 10.1. The molecule has 0 aliphatic heterocycles. The molecule has 0 aliphatic carbocycles. The Hall–Kier alpha value is -3.41. The highest BCUT2D eigenvalue weighted by Gasteiger charge is 2.18. The molecule has 2 aromatic carbocycles. The maximum Gasteiger partial charge on any atom is 0.187 e. The number of pyridine rings is 1. The van der Waals surface area contributed by atoms with Crippen molar-refractivity contribution in [1.82, 2.24) is 9.38 Å². The molecule has 26 heavy (non-hydrogen) atoms. The van der Waals surface area contributed by atoms with Crippen molar-refractivity contribution in [2.75, 3.05) is 0 Å². The van der Waals surface area contributed by atoms with Crippen LogP contribution in [0.5, 0.6) is 0 Å². The Morgan fingerprint density at radius 2 is 1.73 bits per heavy atom. The Labute approximate surface area is 148 Å². The summed E-state index contributed by atoms with van der Waals surface area (Å²) in [4.78, 5) is 4.42. The van der Waals surface area contributed by atoms with Crippen LogP contribution in [0.3, 0.4) is 0 Å². The fourth-order valence-electron chi connectivity index (χ4n) is 2.71. The summed E-state index contributed by atoms with van der Waals surface area (Å²) in [5, 5.41) is 8.59. The predicted octanol–water partition coefficient (Wildman–Crippen LogP) is 6.00. The lowest BCUT2D eigenvalue weighted by molar-refractivity contribution is 0.603. The summed E-state index contributed by atoms with van der Waals surface area (Å²) in [5.74, 6) is -0.768. The smallest absolute Gasteiger partial charge is 0.187 e. The van der Waals surface area contributed by atoms with Crippen molar-refractivity contribution in [3.05, 3.63) is 84.1 Å². The van der Waals surface area contributed by atoms with E-state index < -0.39 is 11.6 Å². The fraction of sp³-hybridized carbons (Fsp3) is 0.0500. The molecule has 0 atom stereocenters. The van der Waals surface area contributed by atoms with Crippen molar-refractivity contribution < 1.29 is 8.78 Å². The number of halogens is 2. The SMILES string of the molecule is Cc1ccccc1N=Nc1c(-c2cc(F)ccc2F)nc2ccccn12. The van der Waals surface area contributed by atoms with Crippen LogP contribution < -0.4 is 0 Å². The third-order valence-electron chi connectivity index (χ3n) is 4.06. The second-order valence-corrected chi connectivity index (χ2v) is 5.82. The van der Waals surface area contributed by atoms with Gasteiger partial charge in [-0.3, -0.25) is 4.40 Å². The van der Waals surface area contributed by atoms with Crippen LogP contribution in [0.25, 0.3) is 16.9 Å². The van der Waals surface area contributed by atoms with Gasteiger partial charge in [-0.2, -0.15) is 0 Å². The van der Waals surface area contributed by atoms with E-state index in [1.807, 2.05) is 43.3 Å². The second kappa shape index (κ2) is 6.48. The molecule has 0 amide bonds. The Balaban J connectivity index is 1.93. The highest BCUT2D eigenvalue weighted by Crippen LogP contribution is 2.34. The lowest BCUT2D eigenvalue weighted by Gasteiger charge is -2.02. The molecule has 6 heteroatoms. The first kappa shape index (κ1) is 16.1. The number of azo groups is 1. The number of hydrogen-bond donors (Lipinski definition) is 0. The summed E-state index contributed by atoms with van der Waals surface area (Å²) in [7, 11) is 0. The zero-order valence-electron chi connectivity index (χ0n) is 13.9. The maximum atomic E-state index is 14.3. The van der Waals surface area contributed by atoms with E-state index in [0.717, 1.165) is 23.8 Å². The minimum Gasteiger partial charge on any atom is -0.283 e. The fourth-order valence-corrected chi connectivity index (χ4v) is 2.71. The molecular weight excluding hydrogens is 334 g/mol. The van der Waals surface area contributed by atoms with Gasteiger partial charge in [0, 0.05) is 11.8 Å². The van der Waals surface area contributed by atoms with E-state index in [-0.39, 0.29) is 11.3 Å². The van der Waals surface area contributed by atoms with Gasteiger partial charge in [0.05, 0.1) is 5.69 Å². The summed E-state index contributed by atoms with van der Waals surface area (Å²) in [6.07, 6.45) is 1.76. The van der Waals surface area contributed by atoms with Gasteiger partial charge in [0.1, 0.15) is 23.0 Å². The Morgan fingerprint density at radius 1 is 0.923 bits per heavy atom. The van der Waals surface area contributed by atoms with Crippen LogP contribution in [0.1, 0.15) is 5.56 Å². The van der Waals surface area contributed by atoms with Crippen molar-refractivity contribution in [3.63, 3.8) is 0 Å². The molecule has 4 rings (SSSR count). The quantitative estimate of drug-likeness (QED) is 0.418. The number of nitrogens with zero attached hydrogens (tertiary/aromatic N) is 4. The number of benzene rings is 2. The number of hydrogen-bond acceptors (Lipinski definition) is 3. The molecule has 0 unspecified atom stereocenters. The average Bonchev–Trinajstić information content (AvgIpc) is 3.01. The lowest BCUT2D eigenvalue weighted by Crippen LogP contribution is -1.87. The monoisotopic (exact) mass is 348 g/mol. The molecule has 0 aliphatic rings. The van der Waals surface area contributed by atoms with Gasteiger partial charge in [0.15, 0.2) is 5.82 Å². The van der Waals surface area contributed by atoms with Gasteiger partial charge in [-0.15, -0.1) is 10.2 Å². The summed E-state index contributed by atoms with van der Waals surface area (Å²) in [6, 6.07) is 16.2.